The fourth-order valence-electron chi connectivity index (χ4n) is 3.68. The molecule has 6 nitrogen and oxygen atoms in total. The number of fused-ring (bicyclic) bond motifs is 1. The lowest BCUT2D eigenvalue weighted by Gasteiger charge is -2.39. The Labute approximate surface area is 135 Å². The van der Waals surface area contributed by atoms with Crippen LogP contribution in [0.25, 0.3) is 0 Å². The molecule has 4 rings (SSSR count). The van der Waals surface area contributed by atoms with Crippen molar-refractivity contribution in [3.05, 3.63) is 42.5 Å². The number of hydrogen-bond donors (Lipinski definition) is 0. The lowest BCUT2D eigenvalue weighted by Crippen LogP contribution is -2.53. The van der Waals surface area contributed by atoms with Crippen LogP contribution in [0, 0.1) is 6.92 Å². The van der Waals surface area contributed by atoms with Crippen LogP contribution in [-0.2, 0) is 4.79 Å². The molecular formula is C17H19N5O. The van der Waals surface area contributed by atoms with E-state index in [1.807, 2.05) is 36.4 Å². The molecule has 2 aliphatic heterocycles. The zero-order chi connectivity index (χ0) is 15.8. The van der Waals surface area contributed by atoms with Gasteiger partial charge in [-0.15, -0.1) is 0 Å². The van der Waals surface area contributed by atoms with E-state index in [2.05, 4.69) is 19.9 Å². The lowest BCUT2D eigenvalue weighted by molar-refractivity contribution is -0.120. The zero-order valence-corrected chi connectivity index (χ0v) is 13.1. The first kappa shape index (κ1) is 14.1. The Morgan fingerprint density at radius 1 is 1.13 bits per heavy atom. The normalized spacial score (nSPS) is 24.0. The average Bonchev–Trinajstić information content (AvgIpc) is 3.00. The molecule has 0 aromatic carbocycles. The van der Waals surface area contributed by atoms with Gasteiger partial charge in [-0.2, -0.15) is 0 Å². The van der Waals surface area contributed by atoms with Crippen molar-refractivity contribution in [2.24, 2.45) is 0 Å². The molecule has 2 aromatic rings. The summed E-state index contributed by atoms with van der Waals surface area (Å²) in [6, 6.07) is 4.28. The van der Waals surface area contributed by atoms with E-state index in [9.17, 15) is 4.79 Å². The minimum Gasteiger partial charge on any atom is -0.336 e. The second-order valence-electron chi connectivity index (χ2n) is 6.19. The van der Waals surface area contributed by atoms with Gasteiger partial charge in [0.15, 0.2) is 0 Å². The maximum Gasteiger partial charge on any atom is 0.227 e. The molecule has 2 atom stereocenters. The van der Waals surface area contributed by atoms with Crippen LogP contribution in [0.1, 0.15) is 24.8 Å². The van der Waals surface area contributed by atoms with E-state index < -0.39 is 0 Å². The maximum absolute atomic E-state index is 12.5. The number of aromatic nitrogens is 3. The van der Waals surface area contributed by atoms with Crippen molar-refractivity contribution in [1.82, 2.24) is 15.0 Å². The van der Waals surface area contributed by atoms with Gasteiger partial charge in [-0.3, -0.25) is 9.78 Å². The molecule has 0 bridgehead atoms. The summed E-state index contributed by atoms with van der Waals surface area (Å²) < 4.78 is 0. The van der Waals surface area contributed by atoms with Crippen molar-refractivity contribution in [2.45, 2.75) is 38.3 Å². The maximum atomic E-state index is 12.5. The van der Waals surface area contributed by atoms with E-state index >= 15 is 0 Å². The third-order valence-electron chi connectivity index (χ3n) is 4.71. The molecule has 2 fully saturated rings. The predicted octanol–water partition coefficient (Wildman–Crippen LogP) is 1.95. The molecule has 1 amide bonds. The van der Waals surface area contributed by atoms with Crippen molar-refractivity contribution in [1.29, 1.82) is 0 Å². The number of aryl methyl sites for hydroxylation is 1. The Kier molecular flexibility index (Phi) is 3.44. The van der Waals surface area contributed by atoms with E-state index in [1.165, 1.54) is 0 Å². The standard InChI is InChI=1S/C17H19N5O/c1-12-9-19-17(20-10-12)21-8-6-15-14(21)4-5-16(23)22(15)13-3-2-7-18-11-13/h2-3,7,9-11,14-15H,4-6,8H2,1H3/t14-,15-/m1/s1. The smallest absolute Gasteiger partial charge is 0.227 e. The van der Waals surface area contributed by atoms with Gasteiger partial charge >= 0.3 is 0 Å². The molecule has 2 aromatic heterocycles. The van der Waals surface area contributed by atoms with Gasteiger partial charge in [0.1, 0.15) is 0 Å². The number of amides is 1. The van der Waals surface area contributed by atoms with E-state index in [1.54, 1.807) is 12.4 Å². The Bertz CT molecular complexity index is 703. The number of pyridine rings is 1. The van der Waals surface area contributed by atoms with E-state index in [-0.39, 0.29) is 18.0 Å². The van der Waals surface area contributed by atoms with Crippen molar-refractivity contribution in [3.8, 4) is 0 Å². The summed E-state index contributed by atoms with van der Waals surface area (Å²) in [5, 5.41) is 0. The first-order valence-corrected chi connectivity index (χ1v) is 8.01. The van der Waals surface area contributed by atoms with Crippen LogP contribution in [-0.4, -0.2) is 39.5 Å². The molecule has 6 heteroatoms. The SMILES string of the molecule is Cc1cnc(N2CC[C@@H]3[C@H]2CCC(=O)N3c2cccnc2)nc1. The molecule has 23 heavy (non-hydrogen) atoms. The van der Waals surface area contributed by atoms with Gasteiger partial charge in [-0.05, 0) is 37.5 Å². The first-order valence-electron chi connectivity index (χ1n) is 8.01. The van der Waals surface area contributed by atoms with Crippen molar-refractivity contribution < 1.29 is 4.79 Å². The Balaban J connectivity index is 1.64. The second kappa shape index (κ2) is 5.61. The monoisotopic (exact) mass is 309 g/mol. The molecule has 0 aliphatic carbocycles. The zero-order valence-electron chi connectivity index (χ0n) is 13.1. The predicted molar refractivity (Wildman–Crippen MR) is 87.3 cm³/mol. The summed E-state index contributed by atoms with van der Waals surface area (Å²) >= 11 is 0. The summed E-state index contributed by atoms with van der Waals surface area (Å²) in [6.45, 7) is 2.86. The molecule has 2 saturated heterocycles. The van der Waals surface area contributed by atoms with Crippen LogP contribution in [0.3, 0.4) is 0 Å². The van der Waals surface area contributed by atoms with Crippen molar-refractivity contribution >= 4 is 17.5 Å². The summed E-state index contributed by atoms with van der Waals surface area (Å²) in [5.41, 5.74) is 1.94. The quantitative estimate of drug-likeness (QED) is 0.848. The number of nitrogens with zero attached hydrogens (tertiary/aromatic N) is 5. The molecule has 0 saturated carbocycles. The molecule has 4 heterocycles. The van der Waals surface area contributed by atoms with Crippen LogP contribution in [0.15, 0.2) is 36.9 Å². The van der Waals surface area contributed by atoms with Gasteiger partial charge in [0, 0.05) is 31.6 Å². The fraction of sp³-hybridized carbons (Fsp3) is 0.412. The number of carbonyl (C=O) groups excluding carboxylic acids is 1. The number of piperidine rings is 1. The number of hydrogen-bond acceptors (Lipinski definition) is 5. The van der Waals surface area contributed by atoms with Gasteiger partial charge in [0.2, 0.25) is 11.9 Å². The van der Waals surface area contributed by atoms with Crippen LogP contribution in [0.5, 0.6) is 0 Å². The Morgan fingerprint density at radius 2 is 1.96 bits per heavy atom. The molecular weight excluding hydrogens is 290 g/mol. The van der Waals surface area contributed by atoms with Gasteiger partial charge in [0.25, 0.3) is 0 Å². The van der Waals surface area contributed by atoms with E-state index in [0.29, 0.717) is 6.42 Å². The number of rotatable bonds is 2. The number of carbonyl (C=O) groups is 1. The van der Waals surface area contributed by atoms with Gasteiger partial charge in [0.05, 0.1) is 24.0 Å². The van der Waals surface area contributed by atoms with Gasteiger partial charge in [-0.25, -0.2) is 9.97 Å². The highest BCUT2D eigenvalue weighted by atomic mass is 16.2. The van der Waals surface area contributed by atoms with Crippen LogP contribution in [0.2, 0.25) is 0 Å². The van der Waals surface area contributed by atoms with Crippen molar-refractivity contribution in [3.63, 3.8) is 0 Å². The van der Waals surface area contributed by atoms with Crippen LogP contribution < -0.4 is 9.80 Å². The minimum absolute atomic E-state index is 0.172. The highest BCUT2D eigenvalue weighted by molar-refractivity contribution is 5.95. The summed E-state index contributed by atoms with van der Waals surface area (Å²) in [5.74, 6) is 0.953. The molecule has 2 aliphatic rings. The molecule has 118 valence electrons. The highest BCUT2D eigenvalue weighted by Gasteiger charge is 2.44. The summed E-state index contributed by atoms with van der Waals surface area (Å²) in [6.07, 6.45) is 9.55. The highest BCUT2D eigenvalue weighted by Crippen LogP contribution is 2.35. The summed E-state index contributed by atoms with van der Waals surface area (Å²) in [7, 11) is 0. The van der Waals surface area contributed by atoms with Gasteiger partial charge in [-0.1, -0.05) is 0 Å². The third-order valence-corrected chi connectivity index (χ3v) is 4.71. The second-order valence-corrected chi connectivity index (χ2v) is 6.19. The molecule has 0 spiro atoms. The molecule has 0 radical (unpaired) electrons. The Morgan fingerprint density at radius 3 is 2.70 bits per heavy atom. The topological polar surface area (TPSA) is 62.2 Å². The Hall–Kier alpha value is -2.50. The average molecular weight is 309 g/mol. The van der Waals surface area contributed by atoms with Crippen LogP contribution >= 0.6 is 0 Å². The minimum atomic E-state index is 0.172. The van der Waals surface area contributed by atoms with Gasteiger partial charge < -0.3 is 9.80 Å². The first-order chi connectivity index (χ1) is 11.2. The third kappa shape index (κ3) is 2.44. The van der Waals surface area contributed by atoms with E-state index in [4.69, 9.17) is 0 Å². The fourth-order valence-corrected chi connectivity index (χ4v) is 3.68. The summed E-state index contributed by atoms with van der Waals surface area (Å²) in [4.78, 5) is 29.7. The molecule has 0 unspecified atom stereocenters. The largest absolute Gasteiger partial charge is 0.336 e. The van der Waals surface area contributed by atoms with E-state index in [0.717, 1.165) is 36.6 Å². The molecule has 0 N–H and O–H groups in total. The van der Waals surface area contributed by atoms with Crippen LogP contribution in [0.4, 0.5) is 11.6 Å². The van der Waals surface area contributed by atoms with Crippen molar-refractivity contribution in [2.75, 3.05) is 16.3 Å². The lowest BCUT2D eigenvalue weighted by atomic mass is 9.96. The number of anilines is 2.